The van der Waals surface area contributed by atoms with Crippen LogP contribution in [0.1, 0.15) is 30.7 Å². The van der Waals surface area contributed by atoms with E-state index in [9.17, 15) is 8.42 Å². The van der Waals surface area contributed by atoms with Crippen molar-refractivity contribution < 1.29 is 8.42 Å². The minimum absolute atomic E-state index is 0.119. The first-order valence-electron chi connectivity index (χ1n) is 6.48. The smallest absolute Gasteiger partial charge is 0.214 e. The Morgan fingerprint density at radius 3 is 2.83 bits per heavy atom. The zero-order chi connectivity index (χ0) is 12.6. The second-order valence-corrected chi connectivity index (χ2v) is 7.14. The summed E-state index contributed by atoms with van der Waals surface area (Å²) in [5.41, 5.74) is 2.50. The van der Waals surface area contributed by atoms with Gasteiger partial charge >= 0.3 is 0 Å². The van der Waals surface area contributed by atoms with E-state index in [4.69, 9.17) is 0 Å². The third kappa shape index (κ3) is 2.37. The molecule has 18 heavy (non-hydrogen) atoms. The van der Waals surface area contributed by atoms with Gasteiger partial charge in [0.05, 0.1) is 5.25 Å². The Labute approximate surface area is 108 Å². The van der Waals surface area contributed by atoms with Crippen LogP contribution < -0.4 is 10.0 Å². The van der Waals surface area contributed by atoms with Gasteiger partial charge in [0.2, 0.25) is 10.0 Å². The van der Waals surface area contributed by atoms with E-state index in [2.05, 4.69) is 22.2 Å². The summed E-state index contributed by atoms with van der Waals surface area (Å²) in [6, 6.07) is 8.25. The van der Waals surface area contributed by atoms with Crippen molar-refractivity contribution in [2.75, 3.05) is 18.4 Å². The molecule has 1 aliphatic heterocycles. The summed E-state index contributed by atoms with van der Waals surface area (Å²) in [6.45, 7) is 1.45. The number of rotatable bonds is 5. The van der Waals surface area contributed by atoms with Crippen LogP contribution in [0.5, 0.6) is 0 Å². The Balaban J connectivity index is 1.56. The van der Waals surface area contributed by atoms with Gasteiger partial charge in [-0.15, -0.1) is 0 Å². The van der Waals surface area contributed by atoms with Crippen molar-refractivity contribution in [2.24, 2.45) is 0 Å². The number of nitrogens with one attached hydrogen (secondary N) is 2. The SMILES string of the molecule is O=S(=O)(NCCC1CNc2ccccc21)C1CC1. The molecule has 1 aromatic carbocycles. The summed E-state index contributed by atoms with van der Waals surface area (Å²) in [6.07, 6.45) is 2.50. The average Bonchev–Trinajstić information content (AvgIpc) is 3.14. The number of benzene rings is 1. The highest BCUT2D eigenvalue weighted by atomic mass is 32.2. The molecule has 0 amide bonds. The van der Waals surface area contributed by atoms with Crippen LogP contribution in [-0.4, -0.2) is 26.8 Å². The minimum atomic E-state index is -3.03. The molecule has 2 aliphatic rings. The van der Waals surface area contributed by atoms with Gasteiger partial charge in [0.15, 0.2) is 0 Å². The third-order valence-corrected chi connectivity index (χ3v) is 5.65. The molecule has 0 radical (unpaired) electrons. The summed E-state index contributed by atoms with van der Waals surface area (Å²) in [7, 11) is -3.03. The number of para-hydroxylation sites is 1. The van der Waals surface area contributed by atoms with Crippen LogP contribution in [0.4, 0.5) is 5.69 Å². The van der Waals surface area contributed by atoms with E-state index < -0.39 is 10.0 Å². The highest BCUT2D eigenvalue weighted by Gasteiger charge is 2.35. The normalized spacial score (nSPS) is 22.6. The molecule has 1 saturated carbocycles. The topological polar surface area (TPSA) is 58.2 Å². The Morgan fingerprint density at radius 2 is 2.06 bits per heavy atom. The van der Waals surface area contributed by atoms with Crippen LogP contribution in [0, 0.1) is 0 Å². The molecule has 1 unspecified atom stereocenters. The standard InChI is InChI=1S/C13H18N2O2S/c16-18(17,11-5-6-11)15-8-7-10-9-14-13-4-2-1-3-12(10)13/h1-4,10-11,14-15H,5-9H2. The van der Waals surface area contributed by atoms with Gasteiger partial charge in [0.1, 0.15) is 0 Å². The molecule has 98 valence electrons. The number of sulfonamides is 1. The van der Waals surface area contributed by atoms with E-state index in [0.29, 0.717) is 12.5 Å². The molecule has 0 saturated heterocycles. The van der Waals surface area contributed by atoms with E-state index in [-0.39, 0.29) is 5.25 Å². The van der Waals surface area contributed by atoms with E-state index in [1.807, 2.05) is 12.1 Å². The van der Waals surface area contributed by atoms with Crippen LogP contribution in [-0.2, 0) is 10.0 Å². The molecule has 1 aromatic rings. The third-order valence-electron chi connectivity index (χ3n) is 3.70. The van der Waals surface area contributed by atoms with Gasteiger partial charge in [-0.05, 0) is 30.9 Å². The molecule has 1 fully saturated rings. The average molecular weight is 266 g/mol. The molecule has 1 heterocycles. The molecule has 4 nitrogen and oxygen atoms in total. The van der Waals surface area contributed by atoms with Crippen molar-refractivity contribution in [3.8, 4) is 0 Å². The molecule has 0 spiro atoms. The molecule has 3 rings (SSSR count). The second kappa shape index (κ2) is 4.55. The van der Waals surface area contributed by atoms with Crippen molar-refractivity contribution in [1.82, 2.24) is 4.72 Å². The van der Waals surface area contributed by atoms with Gasteiger partial charge in [-0.1, -0.05) is 18.2 Å². The van der Waals surface area contributed by atoms with Crippen LogP contribution in [0.2, 0.25) is 0 Å². The molecule has 1 atom stereocenters. The van der Waals surface area contributed by atoms with Crippen molar-refractivity contribution in [1.29, 1.82) is 0 Å². The number of hydrogen-bond acceptors (Lipinski definition) is 3. The predicted octanol–water partition coefficient (Wildman–Crippen LogP) is 1.67. The largest absolute Gasteiger partial charge is 0.384 e. The molecular formula is C13H18N2O2S. The number of anilines is 1. The maximum atomic E-state index is 11.7. The van der Waals surface area contributed by atoms with Gasteiger partial charge in [-0.2, -0.15) is 0 Å². The number of hydrogen-bond donors (Lipinski definition) is 2. The quantitative estimate of drug-likeness (QED) is 0.852. The van der Waals surface area contributed by atoms with Crippen LogP contribution in [0.15, 0.2) is 24.3 Å². The van der Waals surface area contributed by atoms with Crippen LogP contribution in [0.3, 0.4) is 0 Å². The van der Waals surface area contributed by atoms with Crippen molar-refractivity contribution in [2.45, 2.75) is 30.4 Å². The highest BCUT2D eigenvalue weighted by molar-refractivity contribution is 7.90. The lowest BCUT2D eigenvalue weighted by Gasteiger charge is -2.11. The lowest BCUT2D eigenvalue weighted by atomic mass is 9.98. The van der Waals surface area contributed by atoms with E-state index in [1.165, 1.54) is 11.3 Å². The maximum Gasteiger partial charge on any atom is 0.214 e. The summed E-state index contributed by atoms with van der Waals surface area (Å²) < 4.78 is 26.1. The summed E-state index contributed by atoms with van der Waals surface area (Å²) >= 11 is 0. The zero-order valence-corrected chi connectivity index (χ0v) is 11.0. The lowest BCUT2D eigenvalue weighted by Crippen LogP contribution is -2.29. The van der Waals surface area contributed by atoms with Gasteiger partial charge in [-0.3, -0.25) is 0 Å². The van der Waals surface area contributed by atoms with Crippen molar-refractivity contribution in [3.63, 3.8) is 0 Å². The predicted molar refractivity (Wildman–Crippen MR) is 72.2 cm³/mol. The van der Waals surface area contributed by atoms with Crippen molar-refractivity contribution in [3.05, 3.63) is 29.8 Å². The fraction of sp³-hybridized carbons (Fsp3) is 0.538. The van der Waals surface area contributed by atoms with Gasteiger partial charge in [0.25, 0.3) is 0 Å². The summed E-state index contributed by atoms with van der Waals surface area (Å²) in [4.78, 5) is 0. The van der Waals surface area contributed by atoms with E-state index >= 15 is 0 Å². The van der Waals surface area contributed by atoms with Gasteiger partial charge in [-0.25, -0.2) is 13.1 Å². The molecule has 2 N–H and O–H groups in total. The maximum absolute atomic E-state index is 11.7. The second-order valence-electron chi connectivity index (χ2n) is 5.09. The fourth-order valence-corrected chi connectivity index (χ4v) is 3.88. The van der Waals surface area contributed by atoms with E-state index in [0.717, 1.165) is 25.8 Å². The molecule has 5 heteroatoms. The zero-order valence-electron chi connectivity index (χ0n) is 10.2. The molecule has 0 bridgehead atoms. The first-order chi connectivity index (χ1) is 8.67. The van der Waals surface area contributed by atoms with Crippen LogP contribution in [0.25, 0.3) is 0 Å². The van der Waals surface area contributed by atoms with Gasteiger partial charge in [0, 0.05) is 24.7 Å². The summed E-state index contributed by atoms with van der Waals surface area (Å²) in [5.74, 6) is 0.420. The minimum Gasteiger partial charge on any atom is -0.384 e. The molecule has 0 aromatic heterocycles. The lowest BCUT2D eigenvalue weighted by molar-refractivity contribution is 0.571. The first kappa shape index (κ1) is 12.0. The van der Waals surface area contributed by atoms with Gasteiger partial charge < -0.3 is 5.32 Å². The molecule has 1 aliphatic carbocycles. The van der Waals surface area contributed by atoms with E-state index in [1.54, 1.807) is 0 Å². The Kier molecular flexibility index (Phi) is 3.03. The summed E-state index contributed by atoms with van der Waals surface area (Å²) in [5, 5.41) is 3.24. The van der Waals surface area contributed by atoms with Crippen LogP contribution >= 0.6 is 0 Å². The highest BCUT2D eigenvalue weighted by Crippen LogP contribution is 2.33. The Morgan fingerprint density at radius 1 is 1.28 bits per heavy atom. The first-order valence-corrected chi connectivity index (χ1v) is 8.03. The Bertz CT molecular complexity index is 538. The Hall–Kier alpha value is -1.07. The monoisotopic (exact) mass is 266 g/mol. The molecular weight excluding hydrogens is 248 g/mol. The fourth-order valence-electron chi connectivity index (χ4n) is 2.49. The van der Waals surface area contributed by atoms with Crippen molar-refractivity contribution >= 4 is 15.7 Å². The number of fused-ring (bicyclic) bond motifs is 1.